The maximum Gasteiger partial charge on any atom is 0.308 e. The van der Waals surface area contributed by atoms with Crippen molar-refractivity contribution < 1.29 is 14.3 Å². The van der Waals surface area contributed by atoms with Crippen molar-refractivity contribution in [1.82, 2.24) is 9.97 Å². The minimum atomic E-state index is -0.502. The number of nitrogens with zero attached hydrogens (tertiary/aromatic N) is 3. The lowest BCUT2D eigenvalue weighted by atomic mass is 10.1. The molecule has 0 fully saturated rings. The molecule has 0 aliphatic heterocycles. The van der Waals surface area contributed by atoms with Gasteiger partial charge >= 0.3 is 5.97 Å². The molecule has 0 amide bonds. The lowest BCUT2D eigenvalue weighted by Gasteiger charge is -2.11. The molecule has 0 radical (unpaired) electrons. The van der Waals surface area contributed by atoms with Gasteiger partial charge in [0.1, 0.15) is 17.5 Å². The molecule has 0 atom stereocenters. The maximum atomic E-state index is 11.2. The summed E-state index contributed by atoms with van der Waals surface area (Å²) in [6, 6.07) is 6.68. The minimum Gasteiger partial charge on any atom is -0.493 e. The van der Waals surface area contributed by atoms with Gasteiger partial charge < -0.3 is 20.9 Å². The Morgan fingerprint density at radius 1 is 1.27 bits per heavy atom. The first-order chi connectivity index (χ1) is 10.5. The summed E-state index contributed by atoms with van der Waals surface area (Å²) in [6.45, 7) is 1.27. The molecular weight excluding hydrogens is 286 g/mol. The predicted octanol–water partition coefficient (Wildman–Crippen LogP) is 1.11. The van der Waals surface area contributed by atoms with Crippen LogP contribution in [0.15, 0.2) is 18.2 Å². The molecule has 0 saturated heterocycles. The number of ether oxygens (including phenoxy) is 2. The summed E-state index contributed by atoms with van der Waals surface area (Å²) in [4.78, 5) is 18.9. The number of nitriles is 1. The average molecular weight is 299 g/mol. The van der Waals surface area contributed by atoms with Crippen molar-refractivity contribution in [2.45, 2.75) is 6.92 Å². The van der Waals surface area contributed by atoms with Gasteiger partial charge in [0, 0.05) is 12.5 Å². The van der Waals surface area contributed by atoms with Crippen LogP contribution in [0.3, 0.4) is 0 Å². The van der Waals surface area contributed by atoms with Crippen LogP contribution in [0, 0.1) is 11.3 Å². The third-order valence-corrected chi connectivity index (χ3v) is 2.76. The number of nitrogen functional groups attached to an aromatic ring is 2. The topological polar surface area (TPSA) is 137 Å². The summed E-state index contributed by atoms with van der Waals surface area (Å²) < 4.78 is 10.2. The molecule has 2 rings (SSSR count). The fraction of sp³-hybridized carbons (Fsp3) is 0.143. The van der Waals surface area contributed by atoms with Crippen molar-refractivity contribution in [2.75, 3.05) is 18.6 Å². The van der Waals surface area contributed by atoms with E-state index in [0.29, 0.717) is 11.3 Å². The Balaban J connectivity index is 2.64. The Kier molecular flexibility index (Phi) is 4.08. The van der Waals surface area contributed by atoms with Crippen LogP contribution >= 0.6 is 0 Å². The van der Waals surface area contributed by atoms with E-state index in [-0.39, 0.29) is 28.8 Å². The summed E-state index contributed by atoms with van der Waals surface area (Å²) >= 11 is 0. The van der Waals surface area contributed by atoms with Gasteiger partial charge in [0.15, 0.2) is 11.5 Å². The molecular formula is C14H13N5O3. The molecule has 0 saturated carbocycles. The first-order valence-corrected chi connectivity index (χ1v) is 6.16. The number of carbonyl (C=O) groups is 1. The monoisotopic (exact) mass is 299 g/mol. The largest absolute Gasteiger partial charge is 0.493 e. The second-order valence-electron chi connectivity index (χ2n) is 4.26. The summed E-state index contributed by atoms with van der Waals surface area (Å²) in [5.41, 5.74) is 12.1. The van der Waals surface area contributed by atoms with Crippen molar-refractivity contribution in [3.05, 3.63) is 23.8 Å². The third kappa shape index (κ3) is 2.88. The van der Waals surface area contributed by atoms with Crippen molar-refractivity contribution in [1.29, 1.82) is 5.26 Å². The van der Waals surface area contributed by atoms with Crippen LogP contribution in [0.25, 0.3) is 11.3 Å². The Morgan fingerprint density at radius 2 is 2.00 bits per heavy atom. The Morgan fingerprint density at radius 3 is 2.59 bits per heavy atom. The summed E-state index contributed by atoms with van der Waals surface area (Å²) in [7, 11) is 1.45. The van der Waals surface area contributed by atoms with E-state index < -0.39 is 5.97 Å². The lowest BCUT2D eigenvalue weighted by Crippen LogP contribution is -2.06. The molecule has 8 heteroatoms. The van der Waals surface area contributed by atoms with Crippen molar-refractivity contribution in [2.24, 2.45) is 0 Å². The number of rotatable bonds is 3. The van der Waals surface area contributed by atoms with Gasteiger partial charge in [-0.3, -0.25) is 4.79 Å². The quantitative estimate of drug-likeness (QED) is 0.635. The number of anilines is 2. The van der Waals surface area contributed by atoms with Gasteiger partial charge in [0.25, 0.3) is 0 Å². The normalized spacial score (nSPS) is 9.86. The fourth-order valence-electron chi connectivity index (χ4n) is 1.87. The second kappa shape index (κ2) is 5.97. The molecule has 1 aromatic heterocycles. The molecule has 0 aliphatic rings. The number of methoxy groups -OCH3 is 1. The molecule has 0 unspecified atom stereocenters. The van der Waals surface area contributed by atoms with Gasteiger partial charge in [-0.25, -0.2) is 4.98 Å². The van der Waals surface area contributed by atoms with Gasteiger partial charge in [-0.2, -0.15) is 10.2 Å². The number of nitrogens with two attached hydrogens (primary N) is 2. The zero-order valence-electron chi connectivity index (χ0n) is 12.0. The molecule has 0 aliphatic carbocycles. The van der Waals surface area contributed by atoms with Gasteiger partial charge in [0.2, 0.25) is 5.95 Å². The molecule has 1 aromatic carbocycles. The molecule has 0 spiro atoms. The van der Waals surface area contributed by atoms with Crippen LogP contribution in [-0.2, 0) is 4.79 Å². The zero-order chi connectivity index (χ0) is 16.3. The number of esters is 1. The number of carbonyl (C=O) groups excluding carboxylic acids is 1. The smallest absolute Gasteiger partial charge is 0.308 e. The van der Waals surface area contributed by atoms with Gasteiger partial charge in [0.05, 0.1) is 12.8 Å². The number of aromatic nitrogens is 2. The number of hydrogen-bond acceptors (Lipinski definition) is 8. The number of benzene rings is 1. The average Bonchev–Trinajstić information content (AvgIpc) is 2.45. The van der Waals surface area contributed by atoms with E-state index in [9.17, 15) is 10.1 Å². The standard InChI is InChI=1S/C14H13N5O3/c1-7(20)22-11-5-8(3-4-10(11)21-2)12-9(6-15)13(16)19-14(17)18-12/h3-5H,1-2H3,(H4,16,17,18,19). The highest BCUT2D eigenvalue weighted by Gasteiger charge is 2.16. The van der Waals surface area contributed by atoms with E-state index in [1.165, 1.54) is 20.1 Å². The predicted molar refractivity (Wildman–Crippen MR) is 78.9 cm³/mol. The summed E-state index contributed by atoms with van der Waals surface area (Å²) in [6.07, 6.45) is 0. The molecule has 112 valence electrons. The maximum absolute atomic E-state index is 11.2. The first kappa shape index (κ1) is 15.1. The van der Waals surface area contributed by atoms with Crippen molar-refractivity contribution >= 4 is 17.7 Å². The molecule has 2 aromatic rings. The molecule has 4 N–H and O–H groups in total. The zero-order valence-corrected chi connectivity index (χ0v) is 12.0. The van der Waals surface area contributed by atoms with Gasteiger partial charge in [-0.05, 0) is 18.2 Å². The van der Waals surface area contributed by atoms with E-state index in [4.69, 9.17) is 20.9 Å². The highest BCUT2D eigenvalue weighted by atomic mass is 16.6. The summed E-state index contributed by atoms with van der Waals surface area (Å²) in [5.74, 6) is -0.0107. The van der Waals surface area contributed by atoms with Crippen LogP contribution < -0.4 is 20.9 Å². The Bertz CT molecular complexity index is 783. The Labute approximate surface area is 126 Å². The van der Waals surface area contributed by atoms with Crippen LogP contribution in [0.4, 0.5) is 11.8 Å². The van der Waals surface area contributed by atoms with Gasteiger partial charge in [-0.15, -0.1) is 0 Å². The van der Waals surface area contributed by atoms with Crippen molar-refractivity contribution in [3.8, 4) is 28.8 Å². The Hall–Kier alpha value is -3.34. The van der Waals surface area contributed by atoms with E-state index in [2.05, 4.69) is 9.97 Å². The molecule has 8 nitrogen and oxygen atoms in total. The van der Waals surface area contributed by atoms with Gasteiger partial charge in [-0.1, -0.05) is 0 Å². The minimum absolute atomic E-state index is 0.0187. The lowest BCUT2D eigenvalue weighted by molar-refractivity contribution is -0.132. The first-order valence-electron chi connectivity index (χ1n) is 6.16. The van der Waals surface area contributed by atoms with Crippen LogP contribution in [-0.4, -0.2) is 23.0 Å². The fourth-order valence-corrected chi connectivity index (χ4v) is 1.87. The highest BCUT2D eigenvalue weighted by Crippen LogP contribution is 2.34. The molecule has 0 bridgehead atoms. The van der Waals surface area contributed by atoms with Crippen LogP contribution in [0.1, 0.15) is 12.5 Å². The van der Waals surface area contributed by atoms with E-state index in [1.807, 2.05) is 6.07 Å². The molecule has 1 heterocycles. The SMILES string of the molecule is COc1ccc(-c2nc(N)nc(N)c2C#N)cc1OC(C)=O. The third-order valence-electron chi connectivity index (χ3n) is 2.76. The highest BCUT2D eigenvalue weighted by molar-refractivity contribution is 5.76. The molecule has 22 heavy (non-hydrogen) atoms. The summed E-state index contributed by atoms with van der Waals surface area (Å²) in [5, 5.41) is 9.21. The van der Waals surface area contributed by atoms with Crippen LogP contribution in [0.2, 0.25) is 0 Å². The number of hydrogen-bond donors (Lipinski definition) is 2. The second-order valence-corrected chi connectivity index (χ2v) is 4.26. The van der Waals surface area contributed by atoms with Crippen molar-refractivity contribution in [3.63, 3.8) is 0 Å². The van der Waals surface area contributed by atoms with E-state index in [0.717, 1.165) is 0 Å². The van der Waals surface area contributed by atoms with Crippen LogP contribution in [0.5, 0.6) is 11.5 Å². The van der Waals surface area contributed by atoms with E-state index in [1.54, 1.807) is 12.1 Å². The van der Waals surface area contributed by atoms with E-state index >= 15 is 0 Å².